The van der Waals surface area contributed by atoms with E-state index in [0.29, 0.717) is 5.13 Å². The molecule has 0 aliphatic rings. The number of thiazole rings is 1. The van der Waals surface area contributed by atoms with Crippen molar-refractivity contribution >= 4 is 39.7 Å². The maximum absolute atomic E-state index is 12.2. The van der Waals surface area contributed by atoms with Crippen molar-refractivity contribution in [3.8, 4) is 0 Å². The summed E-state index contributed by atoms with van der Waals surface area (Å²) in [5.41, 5.74) is 0.591. The number of benzene rings is 1. The fraction of sp³-hybridized carbons (Fsp3) is 0.286. The summed E-state index contributed by atoms with van der Waals surface area (Å²) < 4.78 is 0. The van der Waals surface area contributed by atoms with Crippen LogP contribution < -0.4 is 5.32 Å². The molecule has 1 aromatic heterocycles. The monoisotopic (exact) mass is 339 g/mol. The number of non-ortho nitro benzene ring substituents is 1. The molecule has 0 fully saturated rings. The standard InChI is InChI=1S/C14H14ClN3O3S/c1-14(2,3)11-7-22-13(16-11)17-12(19)9-6-8(18(20)21)4-5-10(9)15/h4-7H,1-3H3,(H,16,17,19). The number of nitrogens with zero attached hydrogens (tertiary/aromatic N) is 2. The highest BCUT2D eigenvalue weighted by atomic mass is 35.5. The third-order valence-electron chi connectivity index (χ3n) is 2.90. The van der Waals surface area contributed by atoms with Crippen molar-refractivity contribution in [2.45, 2.75) is 26.2 Å². The van der Waals surface area contributed by atoms with Crippen LogP contribution in [0, 0.1) is 10.1 Å². The van der Waals surface area contributed by atoms with E-state index in [1.54, 1.807) is 0 Å². The molecule has 116 valence electrons. The summed E-state index contributed by atoms with van der Waals surface area (Å²) in [6.07, 6.45) is 0. The lowest BCUT2D eigenvalue weighted by atomic mass is 9.93. The number of carbonyl (C=O) groups is 1. The van der Waals surface area contributed by atoms with Crippen LogP contribution in [0.4, 0.5) is 10.8 Å². The summed E-state index contributed by atoms with van der Waals surface area (Å²) >= 11 is 7.24. The van der Waals surface area contributed by atoms with Gasteiger partial charge in [-0.25, -0.2) is 4.98 Å². The summed E-state index contributed by atoms with van der Waals surface area (Å²) in [7, 11) is 0. The molecule has 0 aliphatic heterocycles. The molecule has 0 spiro atoms. The Hall–Kier alpha value is -1.99. The zero-order valence-corrected chi connectivity index (χ0v) is 13.8. The first-order valence-electron chi connectivity index (χ1n) is 6.40. The fourth-order valence-electron chi connectivity index (χ4n) is 1.64. The highest BCUT2D eigenvalue weighted by Crippen LogP contribution is 2.28. The molecule has 6 nitrogen and oxygen atoms in total. The molecule has 2 aromatic rings. The lowest BCUT2D eigenvalue weighted by molar-refractivity contribution is -0.384. The smallest absolute Gasteiger partial charge is 0.270 e. The molecular formula is C14H14ClN3O3S. The van der Waals surface area contributed by atoms with Crippen molar-refractivity contribution < 1.29 is 9.72 Å². The first-order chi connectivity index (χ1) is 10.2. The number of hydrogen-bond acceptors (Lipinski definition) is 5. The van der Waals surface area contributed by atoms with Crippen LogP contribution >= 0.6 is 22.9 Å². The van der Waals surface area contributed by atoms with Gasteiger partial charge in [0.1, 0.15) is 0 Å². The minimum Gasteiger partial charge on any atom is -0.298 e. The molecule has 0 atom stereocenters. The van der Waals surface area contributed by atoms with Gasteiger partial charge < -0.3 is 0 Å². The van der Waals surface area contributed by atoms with Gasteiger partial charge in [0.25, 0.3) is 11.6 Å². The molecule has 0 aliphatic carbocycles. The van der Waals surface area contributed by atoms with E-state index in [-0.39, 0.29) is 21.7 Å². The topological polar surface area (TPSA) is 85.1 Å². The van der Waals surface area contributed by atoms with Crippen molar-refractivity contribution in [1.29, 1.82) is 0 Å². The van der Waals surface area contributed by atoms with Gasteiger partial charge in [0.15, 0.2) is 5.13 Å². The summed E-state index contributed by atoms with van der Waals surface area (Å²) in [4.78, 5) is 26.8. The summed E-state index contributed by atoms with van der Waals surface area (Å²) in [6, 6.07) is 3.73. The number of nitro groups is 1. The predicted molar refractivity (Wildman–Crippen MR) is 86.9 cm³/mol. The van der Waals surface area contributed by atoms with Gasteiger partial charge in [-0.05, 0) is 6.07 Å². The molecule has 1 N–H and O–H groups in total. The Kier molecular flexibility index (Phi) is 4.48. The molecule has 1 heterocycles. The second-order valence-corrected chi connectivity index (χ2v) is 6.93. The number of carbonyl (C=O) groups excluding carboxylic acids is 1. The van der Waals surface area contributed by atoms with Gasteiger partial charge in [-0.2, -0.15) is 0 Å². The van der Waals surface area contributed by atoms with Gasteiger partial charge in [-0.3, -0.25) is 20.2 Å². The third-order valence-corrected chi connectivity index (χ3v) is 3.99. The number of nitro benzene ring substituents is 1. The van der Waals surface area contributed by atoms with Crippen molar-refractivity contribution in [1.82, 2.24) is 4.98 Å². The number of hydrogen-bond donors (Lipinski definition) is 1. The molecule has 0 radical (unpaired) electrons. The van der Waals surface area contributed by atoms with Crippen molar-refractivity contribution in [3.05, 3.63) is 50.0 Å². The Morgan fingerprint density at radius 1 is 1.41 bits per heavy atom. The minimum atomic E-state index is -0.575. The van der Waals surface area contributed by atoms with E-state index < -0.39 is 10.8 Å². The molecule has 2 rings (SSSR count). The first-order valence-corrected chi connectivity index (χ1v) is 7.65. The Balaban J connectivity index is 2.24. The van der Waals surface area contributed by atoms with Gasteiger partial charge in [0.2, 0.25) is 0 Å². The van der Waals surface area contributed by atoms with Crippen LogP contribution in [0.15, 0.2) is 23.6 Å². The fourth-order valence-corrected chi connectivity index (χ4v) is 2.78. The van der Waals surface area contributed by atoms with Crippen LogP contribution in [0.1, 0.15) is 36.8 Å². The number of rotatable bonds is 3. The molecule has 0 saturated carbocycles. The Morgan fingerprint density at radius 2 is 2.09 bits per heavy atom. The van der Waals surface area contributed by atoms with Crippen LogP contribution in [0.2, 0.25) is 5.02 Å². The van der Waals surface area contributed by atoms with E-state index in [0.717, 1.165) is 11.8 Å². The zero-order valence-electron chi connectivity index (χ0n) is 12.2. The molecule has 0 saturated heterocycles. The SMILES string of the molecule is CC(C)(C)c1csc(NC(=O)c2cc([N+](=O)[O-])ccc2Cl)n1. The van der Waals surface area contributed by atoms with Crippen molar-refractivity contribution in [2.75, 3.05) is 5.32 Å². The highest BCUT2D eigenvalue weighted by molar-refractivity contribution is 7.14. The lowest BCUT2D eigenvalue weighted by Crippen LogP contribution is -2.14. The van der Waals surface area contributed by atoms with Crippen LogP contribution in [-0.4, -0.2) is 15.8 Å². The Morgan fingerprint density at radius 3 is 2.64 bits per heavy atom. The second-order valence-electron chi connectivity index (χ2n) is 5.66. The molecule has 1 aromatic carbocycles. The van der Waals surface area contributed by atoms with Crippen LogP contribution in [0.25, 0.3) is 0 Å². The summed E-state index contributed by atoms with van der Waals surface area (Å²) in [5, 5.41) is 15.8. The average Bonchev–Trinajstić information content (AvgIpc) is 2.87. The number of nitrogens with one attached hydrogen (secondary N) is 1. The van der Waals surface area contributed by atoms with Crippen LogP contribution in [-0.2, 0) is 5.41 Å². The number of aromatic nitrogens is 1. The Bertz CT molecular complexity index is 737. The van der Waals surface area contributed by atoms with E-state index in [1.807, 2.05) is 26.2 Å². The maximum atomic E-state index is 12.2. The van der Waals surface area contributed by atoms with Gasteiger partial charge >= 0.3 is 0 Å². The highest BCUT2D eigenvalue weighted by Gasteiger charge is 2.20. The number of amides is 1. The van der Waals surface area contributed by atoms with Crippen LogP contribution in [0.3, 0.4) is 0 Å². The van der Waals surface area contributed by atoms with Crippen molar-refractivity contribution in [3.63, 3.8) is 0 Å². The first kappa shape index (κ1) is 16.4. The van der Waals surface area contributed by atoms with Gasteiger partial charge in [0, 0.05) is 22.9 Å². The van der Waals surface area contributed by atoms with Crippen LogP contribution in [0.5, 0.6) is 0 Å². The van der Waals surface area contributed by atoms with E-state index in [2.05, 4.69) is 10.3 Å². The molecular weight excluding hydrogens is 326 g/mol. The van der Waals surface area contributed by atoms with Crippen molar-refractivity contribution in [2.24, 2.45) is 0 Å². The average molecular weight is 340 g/mol. The lowest BCUT2D eigenvalue weighted by Gasteiger charge is -2.14. The predicted octanol–water partition coefficient (Wildman–Crippen LogP) is 4.25. The second kappa shape index (κ2) is 6.02. The maximum Gasteiger partial charge on any atom is 0.270 e. The number of halogens is 1. The minimum absolute atomic E-state index is 0.0448. The molecule has 22 heavy (non-hydrogen) atoms. The quantitative estimate of drug-likeness (QED) is 0.669. The molecule has 0 unspecified atom stereocenters. The van der Waals surface area contributed by atoms with Gasteiger partial charge in [0.05, 0.1) is 21.2 Å². The van der Waals surface area contributed by atoms with E-state index in [1.165, 1.54) is 23.5 Å². The van der Waals surface area contributed by atoms with Gasteiger partial charge in [-0.15, -0.1) is 11.3 Å². The molecule has 1 amide bonds. The number of anilines is 1. The summed E-state index contributed by atoms with van der Waals surface area (Å²) in [6.45, 7) is 6.06. The van der Waals surface area contributed by atoms with E-state index >= 15 is 0 Å². The zero-order chi connectivity index (χ0) is 16.5. The van der Waals surface area contributed by atoms with E-state index in [4.69, 9.17) is 11.6 Å². The molecule has 0 bridgehead atoms. The van der Waals surface area contributed by atoms with E-state index in [9.17, 15) is 14.9 Å². The third kappa shape index (κ3) is 3.61. The normalized spacial score (nSPS) is 11.3. The largest absolute Gasteiger partial charge is 0.298 e. The summed E-state index contributed by atoms with van der Waals surface area (Å²) in [5.74, 6) is -0.525. The Labute approximate surface area is 136 Å². The molecule has 8 heteroatoms. The van der Waals surface area contributed by atoms with Gasteiger partial charge in [-0.1, -0.05) is 32.4 Å².